The average Bonchev–Trinajstić information content (AvgIpc) is 2.59. The van der Waals surface area contributed by atoms with Gasteiger partial charge in [-0.2, -0.15) is 0 Å². The highest BCUT2D eigenvalue weighted by Crippen LogP contribution is 2.17. The molecular formula is C20H25NO2. The van der Waals surface area contributed by atoms with Gasteiger partial charge >= 0.3 is 0 Å². The highest BCUT2D eigenvalue weighted by molar-refractivity contribution is 5.90. The van der Waals surface area contributed by atoms with E-state index in [0.29, 0.717) is 13.0 Å². The summed E-state index contributed by atoms with van der Waals surface area (Å²) in [5.41, 5.74) is 1.95. The zero-order valence-electron chi connectivity index (χ0n) is 13.8. The van der Waals surface area contributed by atoms with E-state index in [1.165, 1.54) is 12.8 Å². The zero-order chi connectivity index (χ0) is 16.3. The minimum Gasteiger partial charge on any atom is -0.489 e. The molecule has 3 heteroatoms. The van der Waals surface area contributed by atoms with Gasteiger partial charge in [0.25, 0.3) is 0 Å². The van der Waals surface area contributed by atoms with E-state index in [0.717, 1.165) is 29.8 Å². The van der Waals surface area contributed by atoms with Crippen molar-refractivity contribution in [2.24, 2.45) is 0 Å². The lowest BCUT2D eigenvalue weighted by Gasteiger charge is -2.08. The summed E-state index contributed by atoms with van der Waals surface area (Å²) in [5.74, 6) is 0.883. The van der Waals surface area contributed by atoms with Crippen LogP contribution in [0.4, 0.5) is 5.69 Å². The Morgan fingerprint density at radius 3 is 2.39 bits per heavy atom. The highest BCUT2D eigenvalue weighted by atomic mass is 16.5. The first-order valence-electron chi connectivity index (χ1n) is 8.34. The number of anilines is 1. The summed E-state index contributed by atoms with van der Waals surface area (Å²) in [6, 6.07) is 17.6. The van der Waals surface area contributed by atoms with Crippen molar-refractivity contribution in [1.82, 2.24) is 0 Å². The third-order valence-corrected chi connectivity index (χ3v) is 3.64. The summed E-state index contributed by atoms with van der Waals surface area (Å²) in [7, 11) is 0. The molecule has 0 fully saturated rings. The largest absolute Gasteiger partial charge is 0.489 e. The van der Waals surface area contributed by atoms with Crippen molar-refractivity contribution in [1.29, 1.82) is 0 Å². The summed E-state index contributed by atoms with van der Waals surface area (Å²) in [5, 5.41) is 2.93. The van der Waals surface area contributed by atoms with Crippen LogP contribution in [-0.4, -0.2) is 5.91 Å². The van der Waals surface area contributed by atoms with Gasteiger partial charge in [0.1, 0.15) is 12.4 Å². The normalized spacial score (nSPS) is 10.3. The maximum absolute atomic E-state index is 11.8. The first-order valence-corrected chi connectivity index (χ1v) is 8.34. The number of carbonyl (C=O) groups excluding carboxylic acids is 1. The van der Waals surface area contributed by atoms with Gasteiger partial charge in [-0.15, -0.1) is 0 Å². The van der Waals surface area contributed by atoms with Crippen LogP contribution in [0.3, 0.4) is 0 Å². The van der Waals surface area contributed by atoms with Crippen LogP contribution in [0.15, 0.2) is 54.6 Å². The average molecular weight is 311 g/mol. The van der Waals surface area contributed by atoms with E-state index >= 15 is 0 Å². The lowest BCUT2D eigenvalue weighted by Crippen LogP contribution is -2.10. The summed E-state index contributed by atoms with van der Waals surface area (Å²) in [6.07, 6.45) is 5.05. The minimum atomic E-state index is 0.0825. The predicted octanol–water partition coefficient (Wildman–Crippen LogP) is 5.17. The van der Waals surface area contributed by atoms with Gasteiger partial charge < -0.3 is 10.1 Å². The molecule has 0 aliphatic heterocycles. The number of carbonyl (C=O) groups is 1. The van der Waals surface area contributed by atoms with E-state index in [1.54, 1.807) is 0 Å². The maximum atomic E-state index is 11.8. The van der Waals surface area contributed by atoms with Gasteiger partial charge in [-0.3, -0.25) is 4.79 Å². The molecule has 23 heavy (non-hydrogen) atoms. The molecule has 0 saturated carbocycles. The number of hydrogen-bond acceptors (Lipinski definition) is 2. The molecule has 0 atom stereocenters. The van der Waals surface area contributed by atoms with Crippen LogP contribution in [0.25, 0.3) is 0 Å². The molecule has 0 aliphatic carbocycles. The van der Waals surface area contributed by atoms with Crippen molar-refractivity contribution < 1.29 is 9.53 Å². The predicted molar refractivity (Wildman–Crippen MR) is 94.6 cm³/mol. The number of rotatable bonds is 9. The lowest BCUT2D eigenvalue weighted by atomic mass is 10.1. The molecule has 1 amide bonds. The topological polar surface area (TPSA) is 38.3 Å². The van der Waals surface area contributed by atoms with Gasteiger partial charge in [0.2, 0.25) is 5.91 Å². The van der Waals surface area contributed by atoms with Crippen molar-refractivity contribution in [3.63, 3.8) is 0 Å². The highest BCUT2D eigenvalue weighted by Gasteiger charge is 2.02. The lowest BCUT2D eigenvalue weighted by molar-refractivity contribution is -0.116. The standard InChI is InChI=1S/C20H25NO2/c1-2-3-4-8-11-20(22)21-18-12-14-19(15-13-18)23-16-17-9-6-5-7-10-17/h5-7,9-10,12-15H,2-4,8,11,16H2,1H3,(H,21,22). The van der Waals surface area contributed by atoms with E-state index in [9.17, 15) is 4.79 Å². The Balaban J connectivity index is 1.74. The molecule has 2 rings (SSSR count). The van der Waals surface area contributed by atoms with Gasteiger partial charge in [-0.05, 0) is 36.2 Å². The quantitative estimate of drug-likeness (QED) is 0.648. The molecule has 0 spiro atoms. The number of hydrogen-bond donors (Lipinski definition) is 1. The Morgan fingerprint density at radius 1 is 0.957 bits per heavy atom. The van der Waals surface area contributed by atoms with Crippen LogP contribution in [-0.2, 0) is 11.4 Å². The van der Waals surface area contributed by atoms with Gasteiger partial charge in [0, 0.05) is 12.1 Å². The number of amides is 1. The van der Waals surface area contributed by atoms with Crippen molar-refractivity contribution in [2.45, 2.75) is 45.6 Å². The molecule has 0 radical (unpaired) electrons. The van der Waals surface area contributed by atoms with Crippen LogP contribution >= 0.6 is 0 Å². The fourth-order valence-electron chi connectivity index (χ4n) is 2.31. The third-order valence-electron chi connectivity index (χ3n) is 3.64. The molecule has 0 bridgehead atoms. The van der Waals surface area contributed by atoms with Crippen LogP contribution in [0.2, 0.25) is 0 Å². The zero-order valence-corrected chi connectivity index (χ0v) is 13.8. The molecule has 1 N–H and O–H groups in total. The van der Waals surface area contributed by atoms with Crippen LogP contribution in [0, 0.1) is 0 Å². The minimum absolute atomic E-state index is 0.0825. The second-order valence-electron chi connectivity index (χ2n) is 5.66. The molecule has 0 aromatic heterocycles. The molecular weight excluding hydrogens is 286 g/mol. The fraction of sp³-hybridized carbons (Fsp3) is 0.350. The van der Waals surface area contributed by atoms with Crippen LogP contribution < -0.4 is 10.1 Å². The van der Waals surface area contributed by atoms with Crippen LogP contribution in [0.1, 0.15) is 44.6 Å². The summed E-state index contributed by atoms with van der Waals surface area (Å²) in [6.45, 7) is 2.71. The Hall–Kier alpha value is -2.29. The van der Waals surface area contributed by atoms with E-state index in [1.807, 2.05) is 54.6 Å². The van der Waals surface area contributed by atoms with E-state index in [-0.39, 0.29) is 5.91 Å². The van der Waals surface area contributed by atoms with Crippen molar-refractivity contribution in [3.05, 3.63) is 60.2 Å². The van der Waals surface area contributed by atoms with E-state index in [4.69, 9.17) is 4.74 Å². The second kappa shape index (κ2) is 9.67. The number of unbranched alkanes of at least 4 members (excludes halogenated alkanes) is 3. The van der Waals surface area contributed by atoms with E-state index < -0.39 is 0 Å². The van der Waals surface area contributed by atoms with Crippen molar-refractivity contribution in [2.75, 3.05) is 5.32 Å². The van der Waals surface area contributed by atoms with E-state index in [2.05, 4.69) is 12.2 Å². The first kappa shape index (κ1) is 17.1. The SMILES string of the molecule is CCCCCCC(=O)Nc1ccc(OCc2ccccc2)cc1. The number of ether oxygens (including phenoxy) is 1. The number of benzene rings is 2. The Labute approximate surface area is 138 Å². The van der Waals surface area contributed by atoms with Crippen molar-refractivity contribution >= 4 is 11.6 Å². The van der Waals surface area contributed by atoms with Crippen LogP contribution in [0.5, 0.6) is 5.75 Å². The molecule has 2 aromatic carbocycles. The first-order chi connectivity index (χ1) is 11.3. The molecule has 122 valence electrons. The molecule has 0 heterocycles. The Bertz CT molecular complexity index is 578. The maximum Gasteiger partial charge on any atom is 0.224 e. The molecule has 2 aromatic rings. The van der Waals surface area contributed by atoms with Crippen molar-refractivity contribution in [3.8, 4) is 5.75 Å². The van der Waals surface area contributed by atoms with Gasteiger partial charge in [0.15, 0.2) is 0 Å². The fourth-order valence-corrected chi connectivity index (χ4v) is 2.31. The van der Waals surface area contributed by atoms with Gasteiger partial charge in [0.05, 0.1) is 0 Å². The Kier molecular flexibility index (Phi) is 7.18. The molecule has 3 nitrogen and oxygen atoms in total. The summed E-state index contributed by atoms with van der Waals surface area (Å²) >= 11 is 0. The molecule has 0 saturated heterocycles. The summed E-state index contributed by atoms with van der Waals surface area (Å²) < 4.78 is 5.73. The molecule has 0 aliphatic rings. The Morgan fingerprint density at radius 2 is 1.70 bits per heavy atom. The molecule has 0 unspecified atom stereocenters. The second-order valence-corrected chi connectivity index (χ2v) is 5.66. The summed E-state index contributed by atoms with van der Waals surface area (Å²) in [4.78, 5) is 11.8. The smallest absolute Gasteiger partial charge is 0.224 e. The van der Waals surface area contributed by atoms with Gasteiger partial charge in [-0.1, -0.05) is 56.5 Å². The monoisotopic (exact) mass is 311 g/mol. The number of nitrogens with one attached hydrogen (secondary N) is 1. The van der Waals surface area contributed by atoms with Gasteiger partial charge in [-0.25, -0.2) is 0 Å². The third kappa shape index (κ3) is 6.55.